The number of amides is 5. The Morgan fingerprint density at radius 3 is 1.95 bits per heavy atom. The Balaban J connectivity index is 0.779. The van der Waals surface area contributed by atoms with Crippen LogP contribution >= 0.6 is 22.6 Å². The zero-order valence-electron chi connectivity index (χ0n) is 34.1. The second-order valence-corrected chi connectivity index (χ2v) is 15.5. The number of ether oxygens (including phenoxy) is 5. The molecule has 3 N–H and O–H groups in total. The van der Waals surface area contributed by atoms with E-state index in [2.05, 4.69) is 16.1 Å². The SMILES string of the molecule is O=C1CCC(N2C(=O)c3ccc(CCCOCCOCCOCCOCCOCCCCCCONC(=O)c4ccc(F)c(F)c4Nc4ccc(I)cc4F)cc3C2=O)C(=O)N1. The third kappa shape index (κ3) is 14.5. The van der Waals surface area contributed by atoms with Gasteiger partial charge in [0.2, 0.25) is 11.8 Å². The lowest BCUT2D eigenvalue weighted by Crippen LogP contribution is -2.54. The Hall–Kier alpha value is -4.51. The van der Waals surface area contributed by atoms with Crippen LogP contribution in [0.3, 0.4) is 0 Å². The number of fused-ring (bicyclic) bond motifs is 1. The Labute approximate surface area is 370 Å². The van der Waals surface area contributed by atoms with Crippen LogP contribution in [0.1, 0.15) is 81.6 Å². The topological polar surface area (TPSA) is 180 Å². The highest BCUT2D eigenvalue weighted by atomic mass is 127. The van der Waals surface area contributed by atoms with Gasteiger partial charge in [-0.3, -0.25) is 39.0 Å². The Morgan fingerprint density at radius 2 is 1.31 bits per heavy atom. The molecule has 0 spiro atoms. The molecular weight excluding hydrogens is 932 g/mol. The molecule has 2 heterocycles. The number of carbonyl (C=O) groups excluding carboxylic acids is 5. The molecule has 336 valence electrons. The number of imide groups is 2. The fourth-order valence-electron chi connectivity index (χ4n) is 6.52. The van der Waals surface area contributed by atoms with Crippen LogP contribution < -0.4 is 16.1 Å². The van der Waals surface area contributed by atoms with Crippen molar-refractivity contribution in [3.05, 3.63) is 91.8 Å². The molecule has 3 aromatic carbocycles. The van der Waals surface area contributed by atoms with Gasteiger partial charge in [-0.05, 0) is 103 Å². The minimum absolute atomic E-state index is 0.0717. The molecule has 0 aromatic heterocycles. The number of nitrogens with zero attached hydrogens (tertiary/aromatic N) is 1. The number of aryl methyl sites for hydroxylation is 1. The average molecular weight is 983 g/mol. The standard InChI is InChI=1S/C43H50F3IN4O11/c44-33-11-10-31(39(38(33)46)48-35-12-8-29(47)27-34(35)45)40(53)50-62-17-4-2-1-3-15-57-18-20-59-22-24-61-25-23-60-21-19-58-16-5-6-28-7-9-30-32(26-28)43(56)51(42(30)55)36-13-14-37(52)49-41(36)54/h7-12,26-27,36,48H,1-6,13-25H2,(H,50,53)(H,49,52,54). The van der Waals surface area contributed by atoms with Gasteiger partial charge in [-0.2, -0.15) is 0 Å². The highest BCUT2D eigenvalue weighted by Gasteiger charge is 2.44. The smallest absolute Gasteiger partial charge is 0.277 e. The van der Waals surface area contributed by atoms with Crippen molar-refractivity contribution >= 4 is 63.5 Å². The molecule has 2 aliphatic heterocycles. The van der Waals surface area contributed by atoms with Crippen LogP contribution in [0.4, 0.5) is 24.5 Å². The molecule has 0 saturated carbocycles. The fraction of sp³-hybridized carbons (Fsp3) is 0.465. The van der Waals surface area contributed by atoms with Crippen LogP contribution in [-0.4, -0.2) is 113 Å². The molecule has 5 rings (SSSR count). The Kier molecular flexibility index (Phi) is 20.0. The van der Waals surface area contributed by atoms with Crippen LogP contribution in [0.5, 0.6) is 0 Å². The molecule has 1 atom stereocenters. The summed E-state index contributed by atoms with van der Waals surface area (Å²) in [7, 11) is 0. The first-order valence-electron chi connectivity index (χ1n) is 20.4. The highest BCUT2D eigenvalue weighted by molar-refractivity contribution is 14.1. The van der Waals surface area contributed by atoms with E-state index >= 15 is 0 Å². The predicted octanol–water partition coefficient (Wildman–Crippen LogP) is 5.79. The summed E-state index contributed by atoms with van der Waals surface area (Å²) in [6, 6.07) is 10.2. The van der Waals surface area contributed by atoms with Gasteiger partial charge in [-0.15, -0.1) is 0 Å². The maximum atomic E-state index is 14.6. The van der Waals surface area contributed by atoms with Gasteiger partial charge >= 0.3 is 0 Å². The van der Waals surface area contributed by atoms with Gasteiger partial charge in [0.25, 0.3) is 17.7 Å². The second-order valence-electron chi connectivity index (χ2n) is 14.2. The Bertz CT molecular complexity index is 2030. The first-order chi connectivity index (χ1) is 30.0. The van der Waals surface area contributed by atoms with Crippen molar-refractivity contribution in [2.75, 3.05) is 78.0 Å². The number of unbranched alkanes of at least 4 members (excludes halogenated alkanes) is 3. The molecule has 19 heteroatoms. The average Bonchev–Trinajstić information content (AvgIpc) is 3.49. The third-order valence-corrected chi connectivity index (χ3v) is 10.4. The van der Waals surface area contributed by atoms with Crippen LogP contribution in [0.2, 0.25) is 0 Å². The lowest BCUT2D eigenvalue weighted by atomic mass is 10.0. The number of piperidine rings is 1. The zero-order valence-corrected chi connectivity index (χ0v) is 36.2. The lowest BCUT2D eigenvalue weighted by Gasteiger charge is -2.27. The summed E-state index contributed by atoms with van der Waals surface area (Å²) in [6.07, 6.45) is 4.69. The number of hydroxylamine groups is 1. The van der Waals surface area contributed by atoms with Crippen molar-refractivity contribution in [2.24, 2.45) is 0 Å². The molecular formula is C43H50F3IN4O11. The van der Waals surface area contributed by atoms with Gasteiger partial charge in [0.15, 0.2) is 11.6 Å². The summed E-state index contributed by atoms with van der Waals surface area (Å²) < 4.78 is 71.2. The number of anilines is 2. The number of nitrogens with one attached hydrogen (secondary N) is 3. The second kappa shape index (κ2) is 25.6. The molecule has 1 saturated heterocycles. The van der Waals surface area contributed by atoms with Crippen LogP contribution in [0.25, 0.3) is 0 Å². The van der Waals surface area contributed by atoms with Crippen LogP contribution in [-0.2, 0) is 44.5 Å². The van der Waals surface area contributed by atoms with E-state index in [0.29, 0.717) is 88.9 Å². The number of rotatable bonds is 28. The van der Waals surface area contributed by atoms with Crippen molar-refractivity contribution in [3.63, 3.8) is 0 Å². The van der Waals surface area contributed by atoms with E-state index in [4.69, 9.17) is 28.5 Å². The van der Waals surface area contributed by atoms with Gasteiger partial charge in [-0.1, -0.05) is 18.9 Å². The molecule has 15 nitrogen and oxygen atoms in total. The molecule has 0 aliphatic carbocycles. The van der Waals surface area contributed by atoms with Gasteiger partial charge < -0.3 is 29.0 Å². The van der Waals surface area contributed by atoms with Crippen LogP contribution in [0, 0.1) is 21.0 Å². The molecule has 2 aliphatic rings. The van der Waals surface area contributed by atoms with Crippen molar-refractivity contribution < 1.29 is 65.7 Å². The molecule has 0 bridgehead atoms. The zero-order chi connectivity index (χ0) is 44.3. The fourth-order valence-corrected chi connectivity index (χ4v) is 6.98. The van der Waals surface area contributed by atoms with Gasteiger partial charge in [-0.25, -0.2) is 18.7 Å². The van der Waals surface area contributed by atoms with Crippen molar-refractivity contribution in [2.45, 2.75) is 57.4 Å². The van der Waals surface area contributed by atoms with E-state index in [1.165, 1.54) is 12.1 Å². The number of hydrogen-bond donors (Lipinski definition) is 3. The minimum atomic E-state index is -1.31. The van der Waals surface area contributed by atoms with E-state index in [1.807, 2.05) is 22.6 Å². The summed E-state index contributed by atoms with van der Waals surface area (Å²) in [4.78, 5) is 68.4. The van der Waals surface area contributed by atoms with Crippen LogP contribution in [0.15, 0.2) is 48.5 Å². The molecule has 0 radical (unpaired) electrons. The van der Waals surface area contributed by atoms with Gasteiger partial charge in [0.05, 0.1) is 87.5 Å². The summed E-state index contributed by atoms with van der Waals surface area (Å²) in [5, 5.41) is 4.67. The molecule has 5 amide bonds. The van der Waals surface area contributed by atoms with Crippen molar-refractivity contribution in [1.29, 1.82) is 0 Å². The largest absolute Gasteiger partial charge is 0.379 e. The predicted molar refractivity (Wildman–Crippen MR) is 226 cm³/mol. The molecule has 62 heavy (non-hydrogen) atoms. The van der Waals surface area contributed by atoms with Gasteiger partial charge in [0.1, 0.15) is 11.9 Å². The summed E-state index contributed by atoms with van der Waals surface area (Å²) in [5.74, 6) is -6.09. The van der Waals surface area contributed by atoms with E-state index in [1.54, 1.807) is 24.3 Å². The highest BCUT2D eigenvalue weighted by Crippen LogP contribution is 2.30. The van der Waals surface area contributed by atoms with E-state index in [0.717, 1.165) is 41.9 Å². The minimum Gasteiger partial charge on any atom is -0.379 e. The molecule has 1 fully saturated rings. The number of halogens is 4. The molecule has 1 unspecified atom stereocenters. The first-order valence-corrected chi connectivity index (χ1v) is 21.5. The quantitative estimate of drug-likeness (QED) is 0.0346. The monoisotopic (exact) mass is 982 g/mol. The van der Waals surface area contributed by atoms with E-state index < -0.39 is 58.7 Å². The lowest BCUT2D eigenvalue weighted by molar-refractivity contribution is -0.136. The van der Waals surface area contributed by atoms with Gasteiger partial charge in [0, 0.05) is 23.2 Å². The maximum absolute atomic E-state index is 14.6. The number of hydrogen-bond acceptors (Lipinski definition) is 12. The molecule has 3 aromatic rings. The summed E-state index contributed by atoms with van der Waals surface area (Å²) in [5.41, 5.74) is 2.77. The number of carbonyl (C=O) groups is 5. The third-order valence-electron chi connectivity index (χ3n) is 9.73. The summed E-state index contributed by atoms with van der Waals surface area (Å²) in [6.45, 7) is 4.66. The Morgan fingerprint density at radius 1 is 0.694 bits per heavy atom. The number of benzene rings is 3. The van der Waals surface area contributed by atoms with E-state index in [9.17, 15) is 37.1 Å². The maximum Gasteiger partial charge on any atom is 0.277 e. The first kappa shape index (κ1) is 48.5. The van der Waals surface area contributed by atoms with Crippen molar-refractivity contribution in [1.82, 2.24) is 15.7 Å². The van der Waals surface area contributed by atoms with Crippen molar-refractivity contribution in [3.8, 4) is 0 Å². The summed E-state index contributed by atoms with van der Waals surface area (Å²) >= 11 is 1.92. The van der Waals surface area contributed by atoms with E-state index in [-0.39, 0.29) is 41.8 Å². The normalized spacial score (nSPS) is 15.0.